The first-order valence-corrected chi connectivity index (χ1v) is 44.5. The van der Waals surface area contributed by atoms with Gasteiger partial charge in [-0.3, -0.25) is 49.5 Å². The molecule has 0 saturated carbocycles. The number of hydrogen-bond acceptors (Lipinski definition) is 16. The van der Waals surface area contributed by atoms with E-state index in [0.29, 0.717) is 58.9 Å². The number of halogens is 6. The number of benzene rings is 2. The van der Waals surface area contributed by atoms with Crippen LogP contribution >= 0.6 is 17.9 Å². The zero-order valence-electron chi connectivity index (χ0n) is 71.1. The Morgan fingerprint density at radius 2 is 0.552 bits per heavy atom. The van der Waals surface area contributed by atoms with Gasteiger partial charge < -0.3 is 39.6 Å². The second-order valence-electron chi connectivity index (χ2n) is 28.4. The first-order chi connectivity index (χ1) is 60.0. The van der Waals surface area contributed by atoms with Gasteiger partial charge in [0.05, 0.1) is 56.7 Å². The third-order valence-electron chi connectivity index (χ3n) is 19.3. The molecule has 0 saturated heterocycles. The average Bonchev–Trinajstić information content (AvgIpc) is 1.65. The van der Waals surface area contributed by atoms with E-state index < -0.39 is 11.9 Å². The van der Waals surface area contributed by atoms with Crippen molar-refractivity contribution in [2.45, 2.75) is 241 Å². The standard InChI is InChI=1S/2C28H44N2.C14H8N4.2C12H8N2O4.CH4.3F2.H4P2.2Ru/c2*1-3-5-7-9-11-13-15-17-25-19-21-29-27(23-25)28-24-26(20-22-30-28)18-16-14-12-10-8-6-4-2;1-2-6-10-9(5-1)15-13(16-10)14-17-11-7-3-4-8-12(11)18-14;2*15-7-18-9-2-4-14-11(6-9)10-5-8(12(16)17)1-3-13-10;;4*1-2;;/h2*19-24H,3-18H2,1-2H3;1-8H;2*1-7H,(H,16,17);1H4;;;;1-2H2;;/q;;-2;;;;;;;;2*+1. The summed E-state index contributed by atoms with van der Waals surface area (Å²) in [7, 11) is 4.67. The van der Waals surface area contributed by atoms with Crippen molar-refractivity contribution in [2.24, 2.45) is 0 Å². The molecule has 0 aliphatic carbocycles. The summed E-state index contributed by atoms with van der Waals surface area (Å²) in [6.45, 7) is 9.73. The number of carboxylic acids is 2. The topological polar surface area (TPSA) is 284 Å². The number of fused-ring (bicyclic) bond motifs is 2. The molecule has 12 aromatic rings. The zero-order chi connectivity index (χ0) is 88.4. The molecule has 10 aromatic heterocycles. The van der Waals surface area contributed by atoms with E-state index in [1.165, 1.54) is 275 Å². The molecule has 2 radical (unpaired) electrons. The van der Waals surface area contributed by atoms with Crippen molar-refractivity contribution in [3.8, 4) is 68.7 Å². The number of carbonyl (C=O) groups is 4. The minimum atomic E-state index is -1.04. The van der Waals surface area contributed by atoms with E-state index in [9.17, 15) is 19.2 Å². The number of unbranched alkanes of at least 4 members (excludes halogenated alkanes) is 24. The van der Waals surface area contributed by atoms with Crippen molar-refractivity contribution in [3.63, 3.8) is 0 Å². The van der Waals surface area contributed by atoms with Gasteiger partial charge in [0.25, 0.3) is 12.9 Å². The summed E-state index contributed by atoms with van der Waals surface area (Å²) >= 11 is 0. The number of imidazole rings is 2. The third-order valence-corrected chi connectivity index (χ3v) is 19.3. The van der Waals surface area contributed by atoms with Gasteiger partial charge in [-0.1, -0.05) is 249 Å². The number of aryl methyl sites for hydroxylation is 4. The Morgan fingerprint density at radius 1 is 0.328 bits per heavy atom. The maximum absolute atomic E-state index is 10.8. The van der Waals surface area contributed by atoms with Gasteiger partial charge in [-0.05, 0) is 181 Å². The SMILES string of the molecule is C.CCCCCCCCCc1ccnc(-c2cc(CCCCCCCCC)ccn2)c1.CCCCCCCCCc1ccnc(-c2cc(CCCCCCCCC)ccn2)c1.FF.FF.FF.O=COc1ccnc(-c2cc(C(=O)O)ccn2)c1.O=COc1ccnc(-c2cc(C(=O)O)ccn2)c1.PP.[Ru+].[Ru+].c1ccc2[n-]c(-c3nc4ccccc4[n-]3)nc2c1. The van der Waals surface area contributed by atoms with Gasteiger partial charge in [0, 0.05) is 89.2 Å². The zero-order valence-corrected chi connectivity index (χ0v) is 76.9. The molecule has 12 rings (SSSR count). The molecule has 0 aliphatic rings. The maximum atomic E-state index is 10.8. The molecular weight excluding hydrogens is 1820 g/mol. The molecule has 0 fully saturated rings. The fourth-order valence-electron chi connectivity index (χ4n) is 13.0. The van der Waals surface area contributed by atoms with Crippen LogP contribution in [-0.2, 0) is 74.2 Å². The van der Waals surface area contributed by atoms with Crippen molar-refractivity contribution in [1.29, 1.82) is 0 Å². The summed E-state index contributed by atoms with van der Waals surface area (Å²) in [6.07, 6.45) is 56.1. The van der Waals surface area contributed by atoms with Gasteiger partial charge in [-0.25, -0.2) is 9.59 Å². The van der Waals surface area contributed by atoms with Gasteiger partial charge >= 0.3 is 50.9 Å². The fourth-order valence-corrected chi connectivity index (χ4v) is 13.0. The van der Waals surface area contributed by atoms with Crippen LogP contribution in [0.1, 0.15) is 258 Å². The number of nitrogens with zero attached hydrogens (tertiary/aromatic N) is 12. The van der Waals surface area contributed by atoms with E-state index in [1.807, 2.05) is 73.3 Å². The van der Waals surface area contributed by atoms with Crippen molar-refractivity contribution in [1.82, 2.24) is 59.8 Å². The molecule has 125 heavy (non-hydrogen) atoms. The largest absolute Gasteiger partial charge is 1.00 e. The smallest absolute Gasteiger partial charge is 0.478 e. The van der Waals surface area contributed by atoms with Crippen molar-refractivity contribution < 1.29 is 105 Å². The van der Waals surface area contributed by atoms with Crippen LogP contribution in [0.15, 0.2) is 195 Å². The van der Waals surface area contributed by atoms with Gasteiger partial charge in [0.2, 0.25) is 0 Å². The van der Waals surface area contributed by atoms with Crippen LogP contribution in [0.2, 0.25) is 0 Å². The van der Waals surface area contributed by atoms with E-state index in [4.69, 9.17) is 37.7 Å². The first-order valence-electron chi connectivity index (χ1n) is 41.9. The third kappa shape index (κ3) is 45.2. The Balaban J connectivity index is 0.000000773. The molecule has 2 N–H and O–H groups in total. The molecule has 20 nitrogen and oxygen atoms in total. The van der Waals surface area contributed by atoms with E-state index in [-0.39, 0.29) is 57.5 Å². The Morgan fingerprint density at radius 3 is 0.800 bits per heavy atom. The van der Waals surface area contributed by atoms with Crippen LogP contribution in [0.4, 0.5) is 27.4 Å². The molecule has 10 heterocycles. The van der Waals surface area contributed by atoms with Gasteiger partial charge in [0.1, 0.15) is 11.5 Å². The number of aromatic nitrogens is 12. The molecule has 676 valence electrons. The average molecular weight is 1940 g/mol. The van der Waals surface area contributed by atoms with Crippen LogP contribution in [0, 0.1) is 0 Å². The predicted molar refractivity (Wildman–Crippen MR) is 486 cm³/mol. The minimum Gasteiger partial charge on any atom is -0.478 e. The second kappa shape index (κ2) is 72.3. The number of carbonyl (C=O) groups excluding carboxylic acids is 2. The van der Waals surface area contributed by atoms with Crippen LogP contribution in [0.25, 0.3) is 79.3 Å². The van der Waals surface area contributed by atoms with Gasteiger partial charge in [-0.2, -0.15) is 0 Å². The Bertz CT molecular complexity index is 4370. The van der Waals surface area contributed by atoms with Crippen molar-refractivity contribution in [3.05, 3.63) is 229 Å². The molecule has 30 heteroatoms. The van der Waals surface area contributed by atoms with Gasteiger partial charge in [-0.15, -0.1) is 17.9 Å². The summed E-state index contributed by atoms with van der Waals surface area (Å²) in [4.78, 5) is 94.4. The number of aromatic carboxylic acids is 2. The number of ether oxygens (including phenoxy) is 2. The summed E-state index contributed by atoms with van der Waals surface area (Å²) in [5, 5.41) is 17.8. The molecule has 0 aliphatic heterocycles. The summed E-state index contributed by atoms with van der Waals surface area (Å²) < 4.78 is 57.4. The number of para-hydroxylation sites is 4. The van der Waals surface area contributed by atoms with E-state index >= 15 is 0 Å². The van der Waals surface area contributed by atoms with Crippen LogP contribution in [-0.4, -0.2) is 84.9 Å². The fraction of sp³-hybridized carbons (Fsp3) is 0.389. The molecule has 2 unspecified atom stereocenters. The second-order valence-corrected chi connectivity index (χ2v) is 28.4. The van der Waals surface area contributed by atoms with E-state index in [2.05, 4.69) is 163 Å². The van der Waals surface area contributed by atoms with Crippen molar-refractivity contribution in [2.75, 3.05) is 0 Å². The normalized spacial score (nSPS) is 9.98. The molecule has 0 spiro atoms. The quantitative estimate of drug-likeness (QED) is 0.0118. The van der Waals surface area contributed by atoms with E-state index in [1.54, 1.807) is 0 Å². The number of pyridine rings is 8. The molecule has 0 bridgehead atoms. The molecular formula is C95H120F6N12O8P2Ru2. The number of hydrogen-bond donors (Lipinski definition) is 2. The Labute approximate surface area is 762 Å². The maximum Gasteiger partial charge on any atom is 1.00 e. The monoisotopic (exact) mass is 1940 g/mol. The van der Waals surface area contributed by atoms with Crippen LogP contribution < -0.4 is 19.4 Å². The van der Waals surface area contributed by atoms with E-state index in [0.717, 1.165) is 70.5 Å². The first kappa shape index (κ1) is 113. The summed E-state index contributed by atoms with van der Waals surface area (Å²) in [5.74, 6) is -0.271. The molecule has 2 atom stereocenters. The molecule has 0 amide bonds. The molecule has 2 aromatic carbocycles. The Kier molecular flexibility index (Phi) is 65.5. The summed E-state index contributed by atoms with van der Waals surface area (Å²) in [5.41, 5.74) is 15.1. The van der Waals surface area contributed by atoms with Gasteiger partial charge in [0.15, 0.2) is 0 Å². The predicted octanol–water partition coefficient (Wildman–Crippen LogP) is 26.4. The number of rotatable bonds is 43. The minimum absolute atomic E-state index is 0. The number of carboxylic acid groups (broad SMARTS) is 2. The summed E-state index contributed by atoms with van der Waals surface area (Å²) in [6, 6.07) is 44.8. The Hall–Kier alpha value is -9.85. The van der Waals surface area contributed by atoms with Crippen LogP contribution in [0.3, 0.4) is 0 Å². The van der Waals surface area contributed by atoms with Crippen molar-refractivity contribution >= 4 is 64.8 Å². The van der Waals surface area contributed by atoms with Crippen LogP contribution in [0.5, 0.6) is 11.5 Å².